The number of carbonyl (C=O) groups is 2. The van der Waals surface area contributed by atoms with Gasteiger partial charge in [0.1, 0.15) is 0 Å². The van der Waals surface area contributed by atoms with Crippen LogP contribution in [0.4, 0.5) is 5.69 Å². The molecule has 7 nitrogen and oxygen atoms in total. The zero-order chi connectivity index (χ0) is 17.1. The summed E-state index contributed by atoms with van der Waals surface area (Å²) in [6, 6.07) is 9.35. The number of fused-ring (bicyclic) bond motifs is 5. The van der Waals surface area contributed by atoms with E-state index in [1.54, 1.807) is 24.3 Å². The average molecular weight is 327 g/mol. The van der Waals surface area contributed by atoms with E-state index in [4.69, 9.17) is 14.2 Å². The van der Waals surface area contributed by atoms with Crippen molar-refractivity contribution in [1.29, 1.82) is 0 Å². The summed E-state index contributed by atoms with van der Waals surface area (Å²) in [5.74, 6) is -2.74. The molecule has 122 valence electrons. The van der Waals surface area contributed by atoms with Crippen molar-refractivity contribution >= 4 is 17.6 Å². The van der Waals surface area contributed by atoms with Crippen LogP contribution in [0.3, 0.4) is 0 Å². The van der Waals surface area contributed by atoms with Crippen LogP contribution in [-0.2, 0) is 10.6 Å². The van der Waals surface area contributed by atoms with Crippen LogP contribution >= 0.6 is 0 Å². The Labute approximate surface area is 137 Å². The third-order valence-electron chi connectivity index (χ3n) is 4.21. The number of methoxy groups -OCH3 is 2. The molecule has 0 aromatic heterocycles. The number of rotatable bonds is 2. The third kappa shape index (κ3) is 1.64. The van der Waals surface area contributed by atoms with Crippen LogP contribution in [0.1, 0.15) is 26.3 Å². The lowest BCUT2D eigenvalue weighted by molar-refractivity contribution is -0.167. The molecule has 1 atom stereocenters. The molecule has 1 N–H and O–H groups in total. The molecule has 0 spiro atoms. The molecule has 0 radical (unpaired) electrons. The van der Waals surface area contributed by atoms with Gasteiger partial charge < -0.3 is 19.3 Å². The number of hydrogen-bond acceptors (Lipinski definition) is 6. The highest BCUT2D eigenvalue weighted by atomic mass is 16.7. The molecule has 7 heteroatoms. The topological polar surface area (TPSA) is 85.3 Å². The largest absolute Gasteiger partial charge is 0.493 e. The van der Waals surface area contributed by atoms with Crippen LogP contribution in [0.15, 0.2) is 36.4 Å². The number of carbonyl (C=O) groups excluding carboxylic acids is 2. The molecular formula is C17H13NO6. The second-order valence-corrected chi connectivity index (χ2v) is 5.41. The molecule has 1 amide bonds. The Balaban J connectivity index is 1.99. The van der Waals surface area contributed by atoms with Gasteiger partial charge in [-0.1, -0.05) is 12.1 Å². The van der Waals surface area contributed by atoms with Crippen LogP contribution < -0.4 is 14.4 Å². The average Bonchev–Trinajstić information content (AvgIpc) is 2.82. The molecule has 0 saturated carbocycles. The first-order valence-electron chi connectivity index (χ1n) is 7.17. The fourth-order valence-corrected chi connectivity index (χ4v) is 3.11. The van der Waals surface area contributed by atoms with Gasteiger partial charge in [0.15, 0.2) is 11.5 Å². The van der Waals surface area contributed by atoms with Gasteiger partial charge in [0.2, 0.25) is 0 Å². The normalized spacial score (nSPS) is 20.9. The number of nitrogens with zero attached hydrogens (tertiary/aromatic N) is 1. The molecule has 0 unspecified atom stereocenters. The zero-order valence-corrected chi connectivity index (χ0v) is 12.9. The van der Waals surface area contributed by atoms with Gasteiger partial charge in [0.05, 0.1) is 36.6 Å². The number of benzene rings is 2. The Morgan fingerprint density at radius 2 is 1.71 bits per heavy atom. The van der Waals surface area contributed by atoms with E-state index in [1.807, 2.05) is 0 Å². The monoisotopic (exact) mass is 327 g/mol. The van der Waals surface area contributed by atoms with Gasteiger partial charge >= 0.3 is 11.9 Å². The van der Waals surface area contributed by atoms with E-state index >= 15 is 0 Å². The van der Waals surface area contributed by atoms with E-state index in [9.17, 15) is 14.7 Å². The first-order valence-corrected chi connectivity index (χ1v) is 7.17. The minimum Gasteiger partial charge on any atom is -0.493 e. The lowest BCUT2D eigenvalue weighted by Crippen LogP contribution is -2.51. The lowest BCUT2D eigenvalue weighted by atomic mass is 10.1. The van der Waals surface area contributed by atoms with Gasteiger partial charge in [0.25, 0.3) is 5.91 Å². The quantitative estimate of drug-likeness (QED) is 0.844. The molecule has 2 heterocycles. The first-order chi connectivity index (χ1) is 11.5. The highest BCUT2D eigenvalue weighted by molar-refractivity contribution is 6.16. The molecule has 2 aromatic carbocycles. The molecule has 0 fully saturated rings. The minimum absolute atomic E-state index is 0.110. The molecule has 0 aliphatic carbocycles. The van der Waals surface area contributed by atoms with Crippen LogP contribution in [0.5, 0.6) is 11.5 Å². The number of amides is 1. The number of esters is 1. The van der Waals surface area contributed by atoms with Gasteiger partial charge in [-0.3, -0.25) is 4.79 Å². The van der Waals surface area contributed by atoms with Crippen molar-refractivity contribution in [3.8, 4) is 11.5 Å². The maximum absolute atomic E-state index is 12.8. The number of aliphatic hydroxyl groups is 1. The van der Waals surface area contributed by atoms with E-state index in [1.165, 1.54) is 26.4 Å². The van der Waals surface area contributed by atoms with Crippen molar-refractivity contribution in [2.24, 2.45) is 0 Å². The first kappa shape index (κ1) is 14.5. The second-order valence-electron chi connectivity index (χ2n) is 5.41. The third-order valence-corrected chi connectivity index (χ3v) is 4.21. The molecule has 4 rings (SSSR count). The van der Waals surface area contributed by atoms with E-state index in [0.29, 0.717) is 11.5 Å². The number of ether oxygens (including phenoxy) is 3. The molecule has 2 aliphatic rings. The molecule has 2 aliphatic heterocycles. The van der Waals surface area contributed by atoms with Crippen LogP contribution in [0, 0.1) is 0 Å². The van der Waals surface area contributed by atoms with E-state index < -0.39 is 17.8 Å². The summed E-state index contributed by atoms with van der Waals surface area (Å²) in [4.78, 5) is 26.2. The zero-order valence-electron chi connectivity index (χ0n) is 12.9. The predicted octanol–water partition coefficient (Wildman–Crippen LogP) is 1.64. The van der Waals surface area contributed by atoms with Crippen molar-refractivity contribution in [1.82, 2.24) is 0 Å². The molecular weight excluding hydrogens is 314 g/mol. The van der Waals surface area contributed by atoms with Gasteiger partial charge in [-0.25, -0.2) is 9.69 Å². The van der Waals surface area contributed by atoms with E-state index in [2.05, 4.69) is 0 Å². The molecule has 2 aromatic rings. The fourth-order valence-electron chi connectivity index (χ4n) is 3.11. The van der Waals surface area contributed by atoms with Crippen molar-refractivity contribution in [3.05, 3.63) is 53.1 Å². The maximum Gasteiger partial charge on any atom is 0.344 e. The van der Waals surface area contributed by atoms with Crippen LogP contribution in [0.2, 0.25) is 0 Å². The van der Waals surface area contributed by atoms with Gasteiger partial charge in [0, 0.05) is 12.1 Å². The highest BCUT2D eigenvalue weighted by Crippen LogP contribution is 2.48. The lowest BCUT2D eigenvalue weighted by Gasteiger charge is -2.37. The summed E-state index contributed by atoms with van der Waals surface area (Å²) in [5.41, 5.74) is 0.810. The summed E-state index contributed by atoms with van der Waals surface area (Å²) in [6.45, 7) is 0. The molecule has 24 heavy (non-hydrogen) atoms. The van der Waals surface area contributed by atoms with Gasteiger partial charge in [-0.2, -0.15) is 0 Å². The summed E-state index contributed by atoms with van der Waals surface area (Å²) in [7, 11) is 2.88. The van der Waals surface area contributed by atoms with E-state index in [0.717, 1.165) is 4.90 Å². The SMILES string of the molecule is COc1cc2c(cc1OC)N1C(=O)c3ccccc3[C@]1(O)OC2=O. The number of anilines is 1. The Morgan fingerprint density at radius 3 is 2.42 bits per heavy atom. The fraction of sp³-hybridized carbons (Fsp3) is 0.176. The standard InChI is InChI=1S/C17H13NO6/c1-22-13-7-10-12(8-14(13)23-2)18-15(19)9-5-3-4-6-11(9)17(18,21)24-16(10)20/h3-8,21H,1-2H3/t17-/m0/s1. The summed E-state index contributed by atoms with van der Waals surface area (Å²) < 4.78 is 15.6. The minimum atomic E-state index is -2.17. The summed E-state index contributed by atoms with van der Waals surface area (Å²) in [5, 5.41) is 10.9. The molecule has 0 bridgehead atoms. The van der Waals surface area contributed by atoms with Crippen molar-refractivity contribution < 1.29 is 28.9 Å². The maximum atomic E-state index is 12.8. The second kappa shape index (κ2) is 4.72. The summed E-state index contributed by atoms with van der Waals surface area (Å²) >= 11 is 0. The van der Waals surface area contributed by atoms with Crippen molar-refractivity contribution in [2.75, 3.05) is 19.1 Å². The highest BCUT2D eigenvalue weighted by Gasteiger charge is 2.56. The van der Waals surface area contributed by atoms with Crippen LogP contribution in [0.25, 0.3) is 0 Å². The van der Waals surface area contributed by atoms with Crippen LogP contribution in [-0.4, -0.2) is 31.2 Å². The Morgan fingerprint density at radius 1 is 1.04 bits per heavy atom. The predicted molar refractivity (Wildman–Crippen MR) is 82.1 cm³/mol. The number of hydrogen-bond donors (Lipinski definition) is 1. The Hall–Kier alpha value is -3.06. The van der Waals surface area contributed by atoms with E-state index in [-0.39, 0.29) is 22.4 Å². The smallest absolute Gasteiger partial charge is 0.344 e. The van der Waals surface area contributed by atoms with Gasteiger partial charge in [-0.05, 0) is 12.1 Å². The van der Waals surface area contributed by atoms with Crippen molar-refractivity contribution in [3.63, 3.8) is 0 Å². The van der Waals surface area contributed by atoms with Gasteiger partial charge in [-0.15, -0.1) is 0 Å². The van der Waals surface area contributed by atoms with Crippen molar-refractivity contribution in [2.45, 2.75) is 5.91 Å². The summed E-state index contributed by atoms with van der Waals surface area (Å²) in [6.07, 6.45) is 0. The Kier molecular flexibility index (Phi) is 2.86. The Bertz CT molecular complexity index is 893. The molecule has 0 saturated heterocycles.